The molecule has 0 bridgehead atoms. The van der Waals surface area contributed by atoms with E-state index in [0.717, 1.165) is 22.3 Å². The van der Waals surface area contributed by atoms with Crippen LogP contribution in [0.15, 0.2) is 53.6 Å². The molecule has 1 amide bonds. The van der Waals surface area contributed by atoms with Crippen molar-refractivity contribution < 1.29 is 9.53 Å². The lowest BCUT2D eigenvalue weighted by atomic mass is 10.2. The molecule has 0 radical (unpaired) electrons. The molecule has 7 nitrogen and oxygen atoms in total. The Labute approximate surface area is 132 Å². The first-order chi connectivity index (χ1) is 11.3. The van der Waals surface area contributed by atoms with E-state index in [9.17, 15) is 4.79 Å². The second-order valence-electron chi connectivity index (χ2n) is 4.81. The van der Waals surface area contributed by atoms with Gasteiger partial charge in [0, 0.05) is 0 Å². The molecule has 23 heavy (non-hydrogen) atoms. The number of benzene rings is 2. The first-order valence-electron chi connectivity index (χ1n) is 7.00. The highest BCUT2D eigenvalue weighted by molar-refractivity contribution is 5.83. The van der Waals surface area contributed by atoms with Gasteiger partial charge in [-0.2, -0.15) is 5.10 Å². The zero-order chi connectivity index (χ0) is 16.1. The van der Waals surface area contributed by atoms with Crippen LogP contribution < -0.4 is 10.2 Å². The highest BCUT2D eigenvalue weighted by atomic mass is 16.5. The summed E-state index contributed by atoms with van der Waals surface area (Å²) in [5, 5.41) is 11.9. The zero-order valence-electron chi connectivity index (χ0n) is 12.5. The van der Waals surface area contributed by atoms with Crippen LogP contribution in [0, 0.1) is 0 Å². The van der Waals surface area contributed by atoms with Crippen molar-refractivity contribution in [3.05, 3.63) is 54.1 Å². The fraction of sp³-hybridized carbons (Fsp3) is 0.125. The molecule has 1 aromatic heterocycles. The number of methoxy groups -OCH3 is 1. The lowest BCUT2D eigenvalue weighted by molar-refractivity contribution is -0.121. The average molecular weight is 309 g/mol. The molecule has 1 heterocycles. The summed E-state index contributed by atoms with van der Waals surface area (Å²) in [6.07, 6.45) is 1.56. The van der Waals surface area contributed by atoms with Crippen LogP contribution in [0.3, 0.4) is 0 Å². The number of aromatic nitrogens is 3. The predicted molar refractivity (Wildman–Crippen MR) is 86.3 cm³/mol. The third-order valence-electron chi connectivity index (χ3n) is 3.21. The molecule has 0 saturated heterocycles. The second-order valence-corrected chi connectivity index (χ2v) is 4.81. The number of amides is 1. The number of hydrogen-bond acceptors (Lipinski definition) is 5. The Morgan fingerprint density at radius 3 is 3.04 bits per heavy atom. The van der Waals surface area contributed by atoms with Gasteiger partial charge in [0.1, 0.15) is 17.8 Å². The van der Waals surface area contributed by atoms with Crippen molar-refractivity contribution >= 4 is 23.2 Å². The summed E-state index contributed by atoms with van der Waals surface area (Å²) < 4.78 is 6.66. The molecule has 1 N–H and O–H groups in total. The Bertz CT molecular complexity index is 856. The minimum Gasteiger partial charge on any atom is -0.497 e. The highest BCUT2D eigenvalue weighted by Gasteiger charge is 2.07. The SMILES string of the molecule is COc1cccc(/C=N/NC(=O)Cn2nnc3ccccc32)c1. The van der Waals surface area contributed by atoms with Gasteiger partial charge in [0.05, 0.1) is 18.8 Å². The summed E-state index contributed by atoms with van der Waals surface area (Å²) in [7, 11) is 1.60. The minimum atomic E-state index is -0.278. The lowest BCUT2D eigenvalue weighted by Crippen LogP contribution is -2.23. The number of ether oxygens (including phenoxy) is 1. The van der Waals surface area contributed by atoms with Crippen LogP contribution in [0.25, 0.3) is 11.0 Å². The number of carbonyl (C=O) groups is 1. The fourth-order valence-corrected chi connectivity index (χ4v) is 2.11. The number of rotatable bonds is 5. The van der Waals surface area contributed by atoms with E-state index in [2.05, 4.69) is 20.8 Å². The van der Waals surface area contributed by atoms with Crippen molar-refractivity contribution in [3.63, 3.8) is 0 Å². The Morgan fingerprint density at radius 1 is 1.30 bits per heavy atom. The molecule has 0 spiro atoms. The minimum absolute atomic E-state index is 0.0516. The van der Waals surface area contributed by atoms with Crippen molar-refractivity contribution in [2.45, 2.75) is 6.54 Å². The fourth-order valence-electron chi connectivity index (χ4n) is 2.11. The Balaban J connectivity index is 1.62. The molecule has 0 atom stereocenters. The second kappa shape index (κ2) is 6.69. The summed E-state index contributed by atoms with van der Waals surface area (Å²) in [5.74, 6) is 0.453. The highest BCUT2D eigenvalue weighted by Crippen LogP contribution is 2.11. The predicted octanol–water partition coefficient (Wildman–Crippen LogP) is 1.59. The largest absolute Gasteiger partial charge is 0.497 e. The molecule has 116 valence electrons. The van der Waals surface area contributed by atoms with Gasteiger partial charge >= 0.3 is 0 Å². The molecular formula is C16H15N5O2. The molecule has 2 aromatic carbocycles. The summed E-state index contributed by atoms with van der Waals surface area (Å²) in [5.41, 5.74) is 4.86. The van der Waals surface area contributed by atoms with Crippen LogP contribution in [0.4, 0.5) is 0 Å². The van der Waals surface area contributed by atoms with E-state index >= 15 is 0 Å². The molecule has 0 aliphatic rings. The lowest BCUT2D eigenvalue weighted by Gasteiger charge is -2.02. The van der Waals surface area contributed by atoms with Gasteiger partial charge in [-0.05, 0) is 29.8 Å². The van der Waals surface area contributed by atoms with E-state index in [1.54, 1.807) is 13.3 Å². The maximum Gasteiger partial charge on any atom is 0.261 e. The summed E-state index contributed by atoms with van der Waals surface area (Å²) in [6.45, 7) is 0.0516. The van der Waals surface area contributed by atoms with E-state index in [-0.39, 0.29) is 12.5 Å². The standard InChI is InChI=1S/C16H15N5O2/c1-23-13-6-4-5-12(9-13)10-17-19-16(22)11-21-15-8-3-2-7-14(15)18-20-21/h2-10H,11H2,1H3,(H,19,22)/b17-10+. The maximum atomic E-state index is 11.9. The van der Waals surface area contributed by atoms with Gasteiger partial charge in [-0.1, -0.05) is 29.5 Å². The smallest absolute Gasteiger partial charge is 0.261 e. The zero-order valence-corrected chi connectivity index (χ0v) is 12.5. The van der Waals surface area contributed by atoms with Gasteiger partial charge in [0.2, 0.25) is 0 Å². The molecule has 0 fully saturated rings. The van der Waals surface area contributed by atoms with E-state index in [0.29, 0.717) is 0 Å². The van der Waals surface area contributed by atoms with Gasteiger partial charge in [-0.3, -0.25) is 4.79 Å². The third-order valence-corrected chi connectivity index (χ3v) is 3.21. The number of hydrogen-bond donors (Lipinski definition) is 1. The third kappa shape index (κ3) is 3.52. The Morgan fingerprint density at radius 2 is 2.17 bits per heavy atom. The number of carbonyl (C=O) groups excluding carboxylic acids is 1. The first-order valence-corrected chi connectivity index (χ1v) is 7.00. The van der Waals surface area contributed by atoms with Crippen molar-refractivity contribution in [2.24, 2.45) is 5.10 Å². The van der Waals surface area contributed by atoms with E-state index in [1.807, 2.05) is 48.5 Å². The quantitative estimate of drug-likeness (QED) is 0.573. The molecule has 0 saturated carbocycles. The number of nitrogens with zero attached hydrogens (tertiary/aromatic N) is 4. The molecule has 3 aromatic rings. The van der Waals surface area contributed by atoms with E-state index < -0.39 is 0 Å². The maximum absolute atomic E-state index is 11.9. The normalized spacial score (nSPS) is 11.0. The molecule has 0 unspecified atom stereocenters. The van der Waals surface area contributed by atoms with Crippen molar-refractivity contribution in [1.29, 1.82) is 0 Å². The summed E-state index contributed by atoms with van der Waals surface area (Å²) in [6, 6.07) is 14.8. The topological polar surface area (TPSA) is 81.4 Å². The van der Waals surface area contributed by atoms with Crippen LogP contribution in [-0.2, 0) is 11.3 Å². The van der Waals surface area contributed by atoms with Crippen LogP contribution in [0.2, 0.25) is 0 Å². The molecule has 7 heteroatoms. The molecule has 0 aliphatic heterocycles. The number of para-hydroxylation sites is 1. The van der Waals surface area contributed by atoms with Gasteiger partial charge in [-0.25, -0.2) is 10.1 Å². The Hall–Kier alpha value is -3.22. The van der Waals surface area contributed by atoms with Gasteiger partial charge < -0.3 is 4.74 Å². The van der Waals surface area contributed by atoms with Crippen molar-refractivity contribution in [3.8, 4) is 5.75 Å². The van der Waals surface area contributed by atoms with Crippen LogP contribution in [-0.4, -0.2) is 34.2 Å². The van der Waals surface area contributed by atoms with E-state index in [1.165, 1.54) is 4.68 Å². The van der Waals surface area contributed by atoms with Crippen LogP contribution in [0.5, 0.6) is 5.75 Å². The van der Waals surface area contributed by atoms with E-state index in [4.69, 9.17) is 4.74 Å². The molecule has 0 aliphatic carbocycles. The average Bonchev–Trinajstić information content (AvgIpc) is 2.98. The van der Waals surface area contributed by atoms with Gasteiger partial charge in [0.25, 0.3) is 5.91 Å². The monoisotopic (exact) mass is 309 g/mol. The number of hydrazone groups is 1. The first kappa shape index (κ1) is 14.7. The summed E-state index contributed by atoms with van der Waals surface area (Å²) in [4.78, 5) is 11.9. The van der Waals surface area contributed by atoms with Gasteiger partial charge in [-0.15, -0.1) is 5.10 Å². The van der Waals surface area contributed by atoms with Crippen LogP contribution in [0.1, 0.15) is 5.56 Å². The summed E-state index contributed by atoms with van der Waals surface area (Å²) >= 11 is 0. The van der Waals surface area contributed by atoms with Gasteiger partial charge in [0.15, 0.2) is 0 Å². The molecule has 3 rings (SSSR count). The molecular weight excluding hydrogens is 294 g/mol. The van der Waals surface area contributed by atoms with Crippen molar-refractivity contribution in [2.75, 3.05) is 7.11 Å². The Kier molecular flexibility index (Phi) is 4.28. The van der Waals surface area contributed by atoms with Crippen molar-refractivity contribution in [1.82, 2.24) is 20.4 Å². The van der Waals surface area contributed by atoms with Crippen LogP contribution >= 0.6 is 0 Å². The number of nitrogens with one attached hydrogen (secondary N) is 1. The number of fused-ring (bicyclic) bond motifs is 1.